The molecule has 2 aliphatic carbocycles. The predicted molar refractivity (Wildman–Crippen MR) is 434 cm³/mol. The van der Waals surface area contributed by atoms with Crippen LogP contribution in [0, 0.1) is 11.8 Å². The molecule has 0 bridgehead atoms. The third-order valence-corrected chi connectivity index (χ3v) is 27.5. The summed E-state index contributed by atoms with van der Waals surface area (Å²) >= 11 is 8.01. The Morgan fingerprint density at radius 3 is 1.14 bits per heavy atom. The summed E-state index contributed by atoms with van der Waals surface area (Å²) in [5.74, 6) is 0.219. The zero-order chi connectivity index (χ0) is 75.5. The maximum atomic E-state index is 12.5. The standard InChI is InChI=1S/C39H56BrN5O5Si2.C37H52BrN5O5Si2.CH4O/c1-47-36(39(46)48-2)30-16-14-29(15-17-30)35-34(40)38(44(26-49-20-22-51(3,4)5)27-50-21-23-52(6,7)8)45-37(43-35)32(25-42-45)31-18-19-33(41-24-31)28-12-10-9-11-13-28;1-49(2,3)20-18-47-24-42(25-48-19-21-50(4,5)6)36-32(38)33(27-12-14-28(15-13-27)34(44)37(45)46)41-35-30(23-40-43(35)36)29-16-17-31(39-22-29)26-10-8-7-9-11-26;1-2/h9-13,18-19,24-25,29-30,36H,14-17,20-23,26-27H2,1-8H3;7-11,16-17,22-23,27-28,34,44H,12-15,18-21,24-25H2,1-6H3,(H,45,46);2H,1H3. The quantitative estimate of drug-likeness (QED) is 0.0150. The van der Waals surface area contributed by atoms with E-state index in [4.69, 9.17) is 63.7 Å². The minimum Gasteiger partial charge on any atom is -0.479 e. The lowest BCUT2D eigenvalue weighted by molar-refractivity contribution is -0.156. The summed E-state index contributed by atoms with van der Waals surface area (Å²) in [7, 11) is -1.16. The Hall–Kier alpha value is -5.93. The van der Waals surface area contributed by atoms with Crippen molar-refractivity contribution in [3.8, 4) is 44.8 Å². The molecule has 566 valence electrons. The molecular formula is C77H112Br2N10O11Si4. The van der Waals surface area contributed by atoms with Crippen LogP contribution in [0.5, 0.6) is 0 Å². The number of carboxylic acids is 1. The SMILES string of the molecule is CO.COC(=O)C(OC)C1CCC(c2nc3c(-c4ccc(-c5ccccc5)nc4)cnn3c(N(COCC[Si](C)(C)C)COCC[Si](C)(C)C)c2Br)CC1.C[Si](C)(C)CCOCN(COCC[Si](C)(C)C)c1c(Br)c(C2CCC(C(O)C(=O)O)CC2)nc2c(-c3ccc(-c4ccccc4)nc3)cnn12. The van der Waals surface area contributed by atoms with E-state index in [-0.39, 0.29) is 29.6 Å². The van der Waals surface area contributed by atoms with Gasteiger partial charge < -0.3 is 53.5 Å². The topological polar surface area (TPSA) is 243 Å². The number of aliphatic carboxylic acids is 1. The first-order chi connectivity index (χ1) is 49.5. The number of carbonyl (C=O) groups is 2. The van der Waals surface area contributed by atoms with E-state index in [0.29, 0.717) is 84.7 Å². The highest BCUT2D eigenvalue weighted by Gasteiger charge is 2.38. The highest BCUT2D eigenvalue weighted by molar-refractivity contribution is 9.11. The molecule has 0 aliphatic heterocycles. The van der Waals surface area contributed by atoms with Crippen LogP contribution in [0.2, 0.25) is 103 Å². The van der Waals surface area contributed by atoms with E-state index < -0.39 is 50.5 Å². The Kier molecular flexibility index (Phi) is 31.2. The van der Waals surface area contributed by atoms with Gasteiger partial charge in [0.05, 0.1) is 51.2 Å². The van der Waals surface area contributed by atoms with Crippen molar-refractivity contribution in [2.24, 2.45) is 11.8 Å². The monoisotopic (exact) mass is 1620 g/mol. The van der Waals surface area contributed by atoms with Crippen molar-refractivity contribution in [1.82, 2.24) is 39.2 Å². The van der Waals surface area contributed by atoms with Crippen LogP contribution in [0.4, 0.5) is 11.6 Å². The highest BCUT2D eigenvalue weighted by atomic mass is 79.9. The van der Waals surface area contributed by atoms with Gasteiger partial charge in [-0.3, -0.25) is 9.97 Å². The van der Waals surface area contributed by atoms with Crippen LogP contribution >= 0.6 is 31.9 Å². The van der Waals surface area contributed by atoms with E-state index in [1.165, 1.54) is 7.11 Å². The lowest BCUT2D eigenvalue weighted by Gasteiger charge is -2.33. The lowest BCUT2D eigenvalue weighted by atomic mass is 9.78. The van der Waals surface area contributed by atoms with E-state index in [9.17, 15) is 19.8 Å². The van der Waals surface area contributed by atoms with Gasteiger partial charge in [0, 0.05) is 131 Å². The third-order valence-electron chi connectivity index (χ3n) is 19.2. The minimum atomic E-state index is -1.35. The number of esters is 1. The molecule has 0 saturated heterocycles. The summed E-state index contributed by atoms with van der Waals surface area (Å²) < 4.78 is 41.6. The number of nitrogens with zero attached hydrogens (tertiary/aromatic N) is 10. The molecule has 6 aromatic heterocycles. The van der Waals surface area contributed by atoms with Gasteiger partial charge in [0.1, 0.15) is 26.9 Å². The number of benzene rings is 2. The Labute approximate surface area is 636 Å². The van der Waals surface area contributed by atoms with Gasteiger partial charge in [-0.05, 0) is 131 Å². The van der Waals surface area contributed by atoms with Gasteiger partial charge in [-0.1, -0.05) is 151 Å². The zero-order valence-electron chi connectivity index (χ0n) is 63.8. The maximum Gasteiger partial charge on any atom is 0.335 e. The molecule has 21 nitrogen and oxygen atoms in total. The summed E-state index contributed by atoms with van der Waals surface area (Å²) in [6.45, 7) is 32.4. The number of carboxylic acid groups (broad SMARTS) is 1. The molecule has 2 fully saturated rings. The molecule has 10 rings (SSSR count). The Morgan fingerprint density at radius 1 is 0.500 bits per heavy atom. The first-order valence-electron chi connectivity index (χ1n) is 36.5. The number of fused-ring (bicyclic) bond motifs is 2. The molecule has 3 N–H and O–H groups in total. The van der Waals surface area contributed by atoms with Crippen molar-refractivity contribution in [2.75, 3.05) is 84.5 Å². The van der Waals surface area contributed by atoms with Crippen molar-refractivity contribution in [1.29, 1.82) is 0 Å². The fraction of sp³-hybridized carbons (Fsp3) is 0.532. The predicted octanol–water partition coefficient (Wildman–Crippen LogP) is 17.1. The number of rotatable bonds is 33. The van der Waals surface area contributed by atoms with E-state index >= 15 is 0 Å². The second-order valence-corrected chi connectivity index (χ2v) is 56.2. The molecule has 6 heterocycles. The average molecular weight is 1630 g/mol. The molecule has 2 saturated carbocycles. The number of halogens is 2. The normalized spacial score (nSPS) is 17.2. The molecule has 104 heavy (non-hydrogen) atoms. The highest BCUT2D eigenvalue weighted by Crippen LogP contribution is 2.46. The second-order valence-electron chi connectivity index (χ2n) is 32.1. The summed E-state index contributed by atoms with van der Waals surface area (Å²) in [4.78, 5) is 48.5. The van der Waals surface area contributed by atoms with E-state index in [2.05, 4.69) is 151 Å². The van der Waals surface area contributed by atoms with Gasteiger partial charge in [0.15, 0.2) is 35.1 Å². The lowest BCUT2D eigenvalue weighted by Crippen LogP contribution is -2.35. The fourth-order valence-corrected chi connectivity index (χ4v) is 17.5. The minimum absolute atomic E-state index is 0.0640. The van der Waals surface area contributed by atoms with Gasteiger partial charge in [0.2, 0.25) is 0 Å². The van der Waals surface area contributed by atoms with Crippen molar-refractivity contribution < 1.29 is 53.3 Å². The van der Waals surface area contributed by atoms with Crippen LogP contribution in [-0.2, 0) is 38.0 Å². The molecule has 0 spiro atoms. The molecular weight excluding hydrogens is 1510 g/mol. The van der Waals surface area contributed by atoms with Crippen molar-refractivity contribution >= 4 is 99.0 Å². The molecule has 2 aliphatic rings. The maximum absolute atomic E-state index is 12.5. The van der Waals surface area contributed by atoms with E-state index in [1.807, 2.05) is 88.4 Å². The summed E-state index contributed by atoms with van der Waals surface area (Å²) in [5.41, 5.74) is 10.8. The summed E-state index contributed by atoms with van der Waals surface area (Å²) in [6.07, 6.45) is 11.6. The molecule has 27 heteroatoms. The number of carbonyl (C=O) groups excluding carboxylic acids is 1. The fourth-order valence-electron chi connectivity index (χ4n) is 12.8. The number of aromatic nitrogens is 8. The Balaban J connectivity index is 0.000000257. The van der Waals surface area contributed by atoms with Gasteiger partial charge in [-0.2, -0.15) is 19.2 Å². The molecule has 0 radical (unpaired) electrons. The largest absolute Gasteiger partial charge is 0.479 e. The molecule has 2 aromatic carbocycles. The number of hydrogen-bond acceptors (Lipinski definition) is 18. The van der Waals surface area contributed by atoms with Crippen LogP contribution in [0.1, 0.15) is 74.6 Å². The molecule has 0 amide bonds. The van der Waals surface area contributed by atoms with Crippen LogP contribution in [0.25, 0.3) is 56.1 Å². The van der Waals surface area contributed by atoms with Crippen molar-refractivity contribution in [2.45, 2.75) is 178 Å². The van der Waals surface area contributed by atoms with E-state index in [1.54, 1.807) is 7.11 Å². The molecule has 2 atom stereocenters. The van der Waals surface area contributed by atoms with Gasteiger partial charge in [0.25, 0.3) is 0 Å². The van der Waals surface area contributed by atoms with Crippen LogP contribution < -0.4 is 9.80 Å². The number of aliphatic hydroxyl groups excluding tert-OH is 2. The second kappa shape index (κ2) is 38.7. The number of hydrogen-bond donors (Lipinski definition) is 3. The van der Waals surface area contributed by atoms with Crippen LogP contribution in [-0.4, -0.2) is 186 Å². The Morgan fingerprint density at radius 2 is 0.846 bits per heavy atom. The molecule has 8 aromatic rings. The number of methoxy groups -OCH3 is 2. The summed E-state index contributed by atoms with van der Waals surface area (Å²) in [5, 5.41) is 36.5. The smallest absolute Gasteiger partial charge is 0.335 e. The van der Waals surface area contributed by atoms with Crippen LogP contribution in [0.15, 0.2) is 119 Å². The average Bonchev–Trinajstić information content (AvgIpc) is 1.54. The number of pyridine rings is 2. The van der Waals surface area contributed by atoms with Crippen molar-refractivity contribution in [3.63, 3.8) is 0 Å². The first-order valence-corrected chi connectivity index (χ1v) is 52.9. The Bertz CT molecular complexity index is 3950. The number of anilines is 2. The third kappa shape index (κ3) is 23.5. The van der Waals surface area contributed by atoms with Crippen LogP contribution in [0.3, 0.4) is 0 Å². The number of ether oxygens (including phenoxy) is 6. The van der Waals surface area contributed by atoms with E-state index in [0.717, 1.165) is 139 Å². The first kappa shape index (κ1) is 83.7. The molecule has 2 unspecified atom stereocenters. The number of aliphatic hydroxyl groups is 2. The zero-order valence-corrected chi connectivity index (χ0v) is 71.0. The van der Waals surface area contributed by atoms with Crippen molar-refractivity contribution in [3.05, 3.63) is 130 Å². The van der Waals surface area contributed by atoms with Gasteiger partial charge in [-0.15, -0.1) is 0 Å². The summed E-state index contributed by atoms with van der Waals surface area (Å²) in [6, 6.07) is 32.8. The van der Waals surface area contributed by atoms with Gasteiger partial charge >= 0.3 is 11.9 Å². The van der Waals surface area contributed by atoms with Gasteiger partial charge in [-0.25, -0.2) is 19.6 Å².